The smallest absolute Gasteiger partial charge is 0.333 e. The van der Waals surface area contributed by atoms with Crippen LogP contribution in [-0.2, 0) is 43.4 Å². The van der Waals surface area contributed by atoms with E-state index in [0.29, 0.717) is 0 Å². The van der Waals surface area contributed by atoms with Crippen molar-refractivity contribution < 1.29 is 46.8 Å². The molecule has 0 saturated heterocycles. The van der Waals surface area contributed by atoms with E-state index in [-0.39, 0.29) is 26.0 Å². The summed E-state index contributed by atoms with van der Waals surface area (Å²) in [6.45, 7) is -0.192. The average molecular weight is 277 g/mol. The minimum absolute atomic E-state index is 0. The maximum atomic E-state index is 10.7. The van der Waals surface area contributed by atoms with Crippen molar-refractivity contribution in [3.8, 4) is 0 Å². The Hall–Kier alpha value is -0.527. The minimum atomic E-state index is -4.01. The monoisotopic (exact) mass is 275 g/mol. The van der Waals surface area contributed by atoms with Crippen molar-refractivity contribution in [3.05, 3.63) is 0 Å². The van der Waals surface area contributed by atoms with Gasteiger partial charge in [-0.1, -0.05) is 0 Å². The summed E-state index contributed by atoms with van der Waals surface area (Å²) in [5.41, 5.74) is 4.90. The van der Waals surface area contributed by atoms with Gasteiger partial charge >= 0.3 is 22.1 Å². The Kier molecular flexibility index (Phi) is 7.80. The number of hydrogen-bond donors (Lipinski definition) is 2. The molecule has 3 N–H and O–H groups in total. The first-order chi connectivity index (χ1) is 5.87. The molecule has 0 spiro atoms. The van der Waals surface area contributed by atoms with Crippen LogP contribution in [0.4, 0.5) is 0 Å². The molecular formula is C5H9NO6SZn. The Bertz CT molecular complexity index is 299. The van der Waals surface area contributed by atoms with E-state index in [2.05, 4.69) is 4.18 Å². The minimum Gasteiger partial charge on any atom is -0.481 e. The SMILES string of the molecule is NCCS(=O)(=O)OC(=O)CC(=O)O.[Zn]. The molecular weight excluding hydrogens is 268 g/mol. The molecule has 0 bridgehead atoms. The van der Waals surface area contributed by atoms with Crippen LogP contribution in [0, 0.1) is 0 Å². The Labute approximate surface area is 93.5 Å². The Balaban J connectivity index is 0. The van der Waals surface area contributed by atoms with Gasteiger partial charge in [-0.15, -0.1) is 0 Å². The van der Waals surface area contributed by atoms with E-state index in [1.807, 2.05) is 0 Å². The van der Waals surface area contributed by atoms with Crippen molar-refractivity contribution in [2.75, 3.05) is 12.3 Å². The molecule has 0 radical (unpaired) electrons. The van der Waals surface area contributed by atoms with E-state index in [0.717, 1.165) is 0 Å². The maximum Gasteiger partial charge on any atom is 0.333 e. The summed E-state index contributed by atoms with van der Waals surface area (Å²) < 4.78 is 25.3. The van der Waals surface area contributed by atoms with Crippen molar-refractivity contribution in [2.24, 2.45) is 5.73 Å². The average Bonchev–Trinajstić information content (AvgIpc) is 1.81. The third-order valence-electron chi connectivity index (χ3n) is 0.883. The van der Waals surface area contributed by atoms with Crippen molar-refractivity contribution >= 4 is 22.1 Å². The molecule has 0 unspecified atom stereocenters. The van der Waals surface area contributed by atoms with Crippen LogP contribution in [0.2, 0.25) is 0 Å². The first-order valence-electron chi connectivity index (χ1n) is 3.24. The molecule has 14 heavy (non-hydrogen) atoms. The van der Waals surface area contributed by atoms with E-state index in [4.69, 9.17) is 10.8 Å². The summed E-state index contributed by atoms with van der Waals surface area (Å²) >= 11 is 0. The van der Waals surface area contributed by atoms with Crippen LogP contribution >= 0.6 is 0 Å². The summed E-state index contributed by atoms with van der Waals surface area (Å²) in [5, 5.41) is 8.09. The zero-order valence-electron chi connectivity index (χ0n) is 7.30. The number of aliphatic carboxylic acids is 1. The maximum absolute atomic E-state index is 10.7. The fourth-order valence-corrected chi connectivity index (χ4v) is 1.19. The van der Waals surface area contributed by atoms with Crippen LogP contribution in [0.25, 0.3) is 0 Å². The van der Waals surface area contributed by atoms with Gasteiger partial charge in [0.2, 0.25) is 0 Å². The second-order valence-corrected chi connectivity index (χ2v) is 3.77. The van der Waals surface area contributed by atoms with Gasteiger partial charge in [-0.05, 0) is 0 Å². The summed E-state index contributed by atoms with van der Waals surface area (Å²) in [6, 6.07) is 0. The van der Waals surface area contributed by atoms with E-state index in [9.17, 15) is 18.0 Å². The summed E-state index contributed by atoms with van der Waals surface area (Å²) in [7, 11) is -4.01. The van der Waals surface area contributed by atoms with Gasteiger partial charge in [-0.25, -0.2) is 0 Å². The third kappa shape index (κ3) is 8.09. The molecule has 0 rings (SSSR count). The number of nitrogens with two attached hydrogens (primary N) is 1. The molecule has 0 fully saturated rings. The van der Waals surface area contributed by atoms with Crippen LogP contribution in [0.3, 0.4) is 0 Å². The third-order valence-corrected chi connectivity index (χ3v) is 2.06. The molecule has 0 aromatic rings. The van der Waals surface area contributed by atoms with Crippen LogP contribution in [0.15, 0.2) is 0 Å². The largest absolute Gasteiger partial charge is 0.481 e. The van der Waals surface area contributed by atoms with Crippen LogP contribution in [0.5, 0.6) is 0 Å². The van der Waals surface area contributed by atoms with E-state index in [1.54, 1.807) is 0 Å². The van der Waals surface area contributed by atoms with Gasteiger partial charge < -0.3 is 15.0 Å². The summed E-state index contributed by atoms with van der Waals surface area (Å²) in [4.78, 5) is 20.5. The molecule has 0 heterocycles. The standard InChI is InChI=1S/C5H9NO6S.Zn/c6-1-2-13(10,11)12-5(9)3-4(7)8;/h1-3,6H2,(H,7,8);. The molecule has 0 amide bonds. The number of carboxylic acid groups (broad SMARTS) is 1. The molecule has 0 aliphatic heterocycles. The first-order valence-corrected chi connectivity index (χ1v) is 4.82. The van der Waals surface area contributed by atoms with Crippen LogP contribution in [0.1, 0.15) is 6.42 Å². The molecule has 0 aliphatic rings. The predicted molar refractivity (Wildman–Crippen MR) is 41.2 cm³/mol. The number of carbonyl (C=O) groups excluding carboxylic acids is 1. The molecule has 0 aromatic heterocycles. The van der Waals surface area contributed by atoms with E-state index in [1.165, 1.54) is 0 Å². The van der Waals surface area contributed by atoms with E-state index < -0.39 is 34.2 Å². The van der Waals surface area contributed by atoms with Crippen molar-refractivity contribution in [3.63, 3.8) is 0 Å². The van der Waals surface area contributed by atoms with Gasteiger partial charge in [0.1, 0.15) is 6.42 Å². The quantitative estimate of drug-likeness (QED) is 0.348. The first kappa shape index (κ1) is 15.9. The molecule has 78 valence electrons. The second-order valence-electron chi connectivity index (χ2n) is 2.08. The van der Waals surface area contributed by atoms with Gasteiger partial charge in [-0.2, -0.15) is 8.42 Å². The zero-order chi connectivity index (χ0) is 10.5. The van der Waals surface area contributed by atoms with Gasteiger partial charge in [0.05, 0.1) is 5.75 Å². The summed E-state index contributed by atoms with van der Waals surface area (Å²) in [5.74, 6) is -3.29. The van der Waals surface area contributed by atoms with Gasteiger partial charge in [0.25, 0.3) is 0 Å². The Morgan fingerprint density at radius 1 is 1.36 bits per heavy atom. The van der Waals surface area contributed by atoms with Crippen molar-refractivity contribution in [1.29, 1.82) is 0 Å². The van der Waals surface area contributed by atoms with Crippen molar-refractivity contribution in [1.82, 2.24) is 0 Å². The molecule has 7 nitrogen and oxygen atoms in total. The second kappa shape index (κ2) is 6.86. The van der Waals surface area contributed by atoms with Gasteiger partial charge in [-0.3, -0.25) is 9.59 Å². The van der Waals surface area contributed by atoms with Crippen LogP contribution in [-0.4, -0.2) is 37.8 Å². The fourth-order valence-electron chi connectivity index (χ4n) is 0.481. The zero-order valence-corrected chi connectivity index (χ0v) is 11.1. The molecule has 0 aliphatic carbocycles. The number of carbonyl (C=O) groups is 2. The van der Waals surface area contributed by atoms with Crippen LogP contribution < -0.4 is 5.73 Å². The Morgan fingerprint density at radius 3 is 2.21 bits per heavy atom. The van der Waals surface area contributed by atoms with Gasteiger partial charge in [0.15, 0.2) is 0 Å². The molecule has 0 aromatic carbocycles. The van der Waals surface area contributed by atoms with Gasteiger partial charge in [0, 0.05) is 26.0 Å². The van der Waals surface area contributed by atoms with Crippen molar-refractivity contribution in [2.45, 2.75) is 6.42 Å². The summed E-state index contributed by atoms with van der Waals surface area (Å²) in [6.07, 6.45) is -0.982. The van der Waals surface area contributed by atoms with E-state index >= 15 is 0 Å². The number of hydrogen-bond acceptors (Lipinski definition) is 6. The number of carboxylic acids is 1. The Morgan fingerprint density at radius 2 is 1.86 bits per heavy atom. The fraction of sp³-hybridized carbons (Fsp3) is 0.600. The molecule has 0 saturated carbocycles. The predicted octanol–water partition coefficient (Wildman–Crippen LogP) is -1.71. The molecule has 9 heteroatoms. The molecule has 0 atom stereocenters. The number of rotatable bonds is 5. The topological polar surface area (TPSA) is 124 Å². The normalized spacial score (nSPS) is 10.1.